The maximum Gasteiger partial charge on any atom is 0.573 e. The van der Waals surface area contributed by atoms with Gasteiger partial charge in [0.15, 0.2) is 0 Å². The SMILES string of the molecule is CN(c1ccncn1)C1CCN(Cc2ccc(OC(F)(F)F)cc2)C1. The van der Waals surface area contributed by atoms with Crippen LogP contribution in [0.2, 0.25) is 0 Å². The topological polar surface area (TPSA) is 41.5 Å². The molecule has 0 saturated carbocycles. The first-order valence-electron chi connectivity index (χ1n) is 7.96. The molecule has 0 radical (unpaired) electrons. The molecule has 1 aromatic carbocycles. The lowest BCUT2D eigenvalue weighted by atomic mass is 10.2. The zero-order chi connectivity index (χ0) is 17.9. The third-order valence-electron chi connectivity index (χ3n) is 4.29. The summed E-state index contributed by atoms with van der Waals surface area (Å²) < 4.78 is 40.4. The highest BCUT2D eigenvalue weighted by molar-refractivity contribution is 5.37. The van der Waals surface area contributed by atoms with Crippen LogP contribution in [0, 0.1) is 0 Å². The van der Waals surface area contributed by atoms with Gasteiger partial charge in [-0.25, -0.2) is 9.97 Å². The van der Waals surface area contributed by atoms with Crippen molar-refractivity contribution in [2.45, 2.75) is 25.4 Å². The van der Waals surface area contributed by atoms with Crippen molar-refractivity contribution in [1.82, 2.24) is 14.9 Å². The molecule has 1 saturated heterocycles. The van der Waals surface area contributed by atoms with Crippen molar-refractivity contribution in [3.63, 3.8) is 0 Å². The van der Waals surface area contributed by atoms with Crippen LogP contribution in [0.15, 0.2) is 42.9 Å². The molecule has 5 nitrogen and oxygen atoms in total. The van der Waals surface area contributed by atoms with E-state index < -0.39 is 6.36 Å². The van der Waals surface area contributed by atoms with Crippen molar-refractivity contribution < 1.29 is 17.9 Å². The summed E-state index contributed by atoms with van der Waals surface area (Å²) in [5.74, 6) is 0.689. The summed E-state index contributed by atoms with van der Waals surface area (Å²) in [6.45, 7) is 2.50. The van der Waals surface area contributed by atoms with E-state index in [0.29, 0.717) is 12.6 Å². The normalized spacial score (nSPS) is 18.3. The Hall–Kier alpha value is -2.35. The van der Waals surface area contributed by atoms with Gasteiger partial charge in [-0.15, -0.1) is 13.2 Å². The minimum Gasteiger partial charge on any atom is -0.406 e. The fraction of sp³-hybridized carbons (Fsp3) is 0.412. The lowest BCUT2D eigenvalue weighted by Crippen LogP contribution is -2.34. The molecule has 1 aliphatic heterocycles. The van der Waals surface area contributed by atoms with Gasteiger partial charge in [-0.1, -0.05) is 12.1 Å². The molecule has 0 bridgehead atoms. The molecule has 0 N–H and O–H groups in total. The summed E-state index contributed by atoms with van der Waals surface area (Å²) in [5.41, 5.74) is 0.958. The molecule has 25 heavy (non-hydrogen) atoms. The van der Waals surface area contributed by atoms with Crippen molar-refractivity contribution in [1.29, 1.82) is 0 Å². The Kier molecular flexibility index (Phi) is 5.08. The number of alkyl halides is 3. The second-order valence-corrected chi connectivity index (χ2v) is 6.05. The maximum absolute atomic E-state index is 12.2. The minimum atomic E-state index is -4.66. The average molecular weight is 352 g/mol. The molecule has 0 amide bonds. The first-order chi connectivity index (χ1) is 11.9. The van der Waals surface area contributed by atoms with Crippen LogP contribution in [0.25, 0.3) is 0 Å². The minimum absolute atomic E-state index is 0.195. The fourth-order valence-corrected chi connectivity index (χ4v) is 3.01. The maximum atomic E-state index is 12.2. The van der Waals surface area contributed by atoms with Gasteiger partial charge in [-0.2, -0.15) is 0 Å². The Balaban J connectivity index is 1.54. The van der Waals surface area contributed by atoms with Crippen LogP contribution >= 0.6 is 0 Å². The van der Waals surface area contributed by atoms with Gasteiger partial charge in [0.2, 0.25) is 0 Å². The number of likely N-dealkylation sites (tertiary alicyclic amines) is 1. The van der Waals surface area contributed by atoms with Gasteiger partial charge in [-0.05, 0) is 30.2 Å². The Labute approximate surface area is 144 Å². The van der Waals surface area contributed by atoms with Gasteiger partial charge in [0.1, 0.15) is 17.9 Å². The lowest BCUT2D eigenvalue weighted by Gasteiger charge is -2.25. The standard InChI is InChI=1S/C17H19F3N4O/c1-23(16-6-8-21-12-22-16)14-7-9-24(11-14)10-13-2-4-15(5-3-13)25-17(18,19)20/h2-6,8,12,14H,7,9-11H2,1H3. The Morgan fingerprint density at radius 2 is 2.00 bits per heavy atom. The van der Waals surface area contributed by atoms with Crippen LogP contribution in [0.3, 0.4) is 0 Å². The highest BCUT2D eigenvalue weighted by atomic mass is 19.4. The van der Waals surface area contributed by atoms with Crippen molar-refractivity contribution in [3.8, 4) is 5.75 Å². The largest absolute Gasteiger partial charge is 0.573 e. The summed E-state index contributed by atoms with van der Waals surface area (Å²) in [5, 5.41) is 0. The molecule has 3 rings (SSSR count). The predicted molar refractivity (Wildman–Crippen MR) is 87.2 cm³/mol. The number of anilines is 1. The molecule has 1 aliphatic rings. The quantitative estimate of drug-likeness (QED) is 0.827. The van der Waals surface area contributed by atoms with Gasteiger partial charge in [0.25, 0.3) is 0 Å². The van der Waals surface area contributed by atoms with E-state index in [1.54, 1.807) is 18.3 Å². The first kappa shape index (κ1) is 17.5. The molecule has 134 valence electrons. The summed E-state index contributed by atoms with van der Waals surface area (Å²) >= 11 is 0. The van der Waals surface area contributed by atoms with E-state index in [9.17, 15) is 13.2 Å². The second kappa shape index (κ2) is 7.26. The Morgan fingerprint density at radius 1 is 1.24 bits per heavy atom. The smallest absolute Gasteiger partial charge is 0.406 e. The second-order valence-electron chi connectivity index (χ2n) is 6.05. The summed E-state index contributed by atoms with van der Waals surface area (Å²) in [6, 6.07) is 8.27. The summed E-state index contributed by atoms with van der Waals surface area (Å²) in [7, 11) is 2.01. The highest BCUT2D eigenvalue weighted by Crippen LogP contribution is 2.24. The molecule has 2 heterocycles. The first-order valence-corrected chi connectivity index (χ1v) is 7.96. The molecule has 1 unspecified atom stereocenters. The fourth-order valence-electron chi connectivity index (χ4n) is 3.01. The number of hydrogen-bond acceptors (Lipinski definition) is 5. The number of ether oxygens (including phenoxy) is 1. The van der Waals surface area contributed by atoms with Crippen LogP contribution in [0.4, 0.5) is 19.0 Å². The van der Waals surface area contributed by atoms with Gasteiger partial charge in [-0.3, -0.25) is 4.90 Å². The zero-order valence-corrected chi connectivity index (χ0v) is 13.8. The monoisotopic (exact) mass is 352 g/mol. The van der Waals surface area contributed by atoms with Crippen molar-refractivity contribution >= 4 is 5.82 Å². The number of hydrogen-bond donors (Lipinski definition) is 0. The third-order valence-corrected chi connectivity index (χ3v) is 4.29. The van der Waals surface area contributed by atoms with Crippen LogP contribution in [-0.2, 0) is 6.54 Å². The molecule has 1 fully saturated rings. The molecule has 1 aromatic heterocycles. The molecule has 2 aromatic rings. The Morgan fingerprint density at radius 3 is 2.64 bits per heavy atom. The van der Waals surface area contributed by atoms with E-state index in [-0.39, 0.29) is 5.75 Å². The lowest BCUT2D eigenvalue weighted by molar-refractivity contribution is -0.274. The molecular weight excluding hydrogens is 333 g/mol. The van der Waals surface area contributed by atoms with Crippen molar-refractivity contribution in [3.05, 3.63) is 48.4 Å². The number of aromatic nitrogens is 2. The van der Waals surface area contributed by atoms with E-state index in [4.69, 9.17) is 0 Å². The zero-order valence-electron chi connectivity index (χ0n) is 13.8. The molecule has 0 spiro atoms. The van der Waals surface area contributed by atoms with E-state index in [2.05, 4.69) is 24.5 Å². The number of nitrogens with zero attached hydrogens (tertiary/aromatic N) is 4. The van der Waals surface area contributed by atoms with Crippen LogP contribution in [-0.4, -0.2) is 47.4 Å². The number of benzene rings is 1. The van der Waals surface area contributed by atoms with Crippen molar-refractivity contribution in [2.24, 2.45) is 0 Å². The van der Waals surface area contributed by atoms with Crippen LogP contribution in [0.5, 0.6) is 5.75 Å². The van der Waals surface area contributed by atoms with E-state index in [0.717, 1.165) is 30.9 Å². The van der Waals surface area contributed by atoms with Gasteiger partial charge in [0, 0.05) is 38.9 Å². The Bertz CT molecular complexity index is 679. The van der Waals surface area contributed by atoms with Gasteiger partial charge < -0.3 is 9.64 Å². The third kappa shape index (κ3) is 4.82. The molecule has 1 atom stereocenters. The van der Waals surface area contributed by atoms with E-state index in [1.807, 2.05) is 13.1 Å². The van der Waals surface area contributed by atoms with Gasteiger partial charge >= 0.3 is 6.36 Å². The molecular formula is C17H19F3N4O. The molecule has 0 aliphatic carbocycles. The number of halogens is 3. The highest BCUT2D eigenvalue weighted by Gasteiger charge is 2.31. The van der Waals surface area contributed by atoms with E-state index >= 15 is 0 Å². The van der Waals surface area contributed by atoms with Crippen LogP contribution < -0.4 is 9.64 Å². The summed E-state index contributed by atoms with van der Waals surface area (Å²) in [4.78, 5) is 12.6. The summed E-state index contributed by atoms with van der Waals surface area (Å²) in [6.07, 6.45) is -0.399. The molecule has 8 heteroatoms. The van der Waals surface area contributed by atoms with Crippen LogP contribution in [0.1, 0.15) is 12.0 Å². The predicted octanol–water partition coefficient (Wildman–Crippen LogP) is 3.09. The van der Waals surface area contributed by atoms with Crippen molar-refractivity contribution in [2.75, 3.05) is 25.0 Å². The van der Waals surface area contributed by atoms with E-state index in [1.165, 1.54) is 18.5 Å². The number of rotatable bonds is 5. The average Bonchev–Trinajstić information content (AvgIpc) is 3.04. The number of likely N-dealkylation sites (N-methyl/N-ethyl adjacent to an activating group) is 1. The van der Waals surface area contributed by atoms with Gasteiger partial charge in [0.05, 0.1) is 0 Å².